The molecule has 4 aromatic heterocycles. The number of fused-ring (bicyclic) bond motifs is 1. The van der Waals surface area contributed by atoms with Crippen LogP contribution in [0.5, 0.6) is 0 Å². The zero-order valence-electron chi connectivity index (χ0n) is 16.7. The van der Waals surface area contributed by atoms with Gasteiger partial charge in [0.1, 0.15) is 22.9 Å². The zero-order chi connectivity index (χ0) is 21.4. The first-order valence-electron chi connectivity index (χ1n) is 9.75. The second kappa shape index (κ2) is 7.60. The quantitative estimate of drug-likeness (QED) is 0.458. The summed E-state index contributed by atoms with van der Waals surface area (Å²) >= 11 is 0. The van der Waals surface area contributed by atoms with E-state index in [0.29, 0.717) is 30.2 Å². The van der Waals surface area contributed by atoms with Crippen LogP contribution in [0.4, 0.5) is 4.39 Å². The Morgan fingerprint density at radius 2 is 1.94 bits per heavy atom. The summed E-state index contributed by atoms with van der Waals surface area (Å²) in [4.78, 5) is 12.6. The van der Waals surface area contributed by atoms with Gasteiger partial charge < -0.3 is 14.3 Å². The normalized spacial score (nSPS) is 11.3. The number of aryl methyl sites for hydroxylation is 1. The summed E-state index contributed by atoms with van der Waals surface area (Å²) in [6.07, 6.45) is 5.39. The minimum atomic E-state index is -0.314. The molecule has 0 atom stereocenters. The highest BCUT2D eigenvalue weighted by molar-refractivity contribution is 5.93. The van der Waals surface area contributed by atoms with Crippen LogP contribution in [0.25, 0.3) is 28.4 Å². The lowest BCUT2D eigenvalue weighted by Crippen LogP contribution is -2.28. The SMILES string of the molecule is Cn1nc(-c2ccc(F)cc2)cc1C(=O)NCCn1ccn2nc(-c3ccco3)cc12. The highest BCUT2D eigenvalue weighted by atomic mass is 19.1. The van der Waals surface area contributed by atoms with Gasteiger partial charge >= 0.3 is 0 Å². The molecule has 0 unspecified atom stereocenters. The Labute approximate surface area is 176 Å². The van der Waals surface area contributed by atoms with Crippen molar-refractivity contribution in [3.05, 3.63) is 78.7 Å². The van der Waals surface area contributed by atoms with Crippen molar-refractivity contribution < 1.29 is 13.6 Å². The third-order valence-electron chi connectivity index (χ3n) is 5.06. The standard InChI is InChI=1S/C22H19FN6O2/c1-27-19(13-17(25-27)15-4-6-16(23)7-5-15)22(30)24-8-9-28-10-11-29-21(28)14-18(26-29)20-3-2-12-31-20/h2-7,10-14H,8-9H2,1H3,(H,24,30). The minimum absolute atomic E-state index is 0.226. The number of nitrogens with zero attached hydrogens (tertiary/aromatic N) is 5. The predicted octanol–water partition coefficient (Wildman–Crippen LogP) is 3.37. The highest BCUT2D eigenvalue weighted by Crippen LogP contribution is 2.21. The van der Waals surface area contributed by atoms with Crippen molar-refractivity contribution in [3.63, 3.8) is 0 Å². The minimum Gasteiger partial charge on any atom is -0.463 e. The van der Waals surface area contributed by atoms with E-state index in [-0.39, 0.29) is 11.7 Å². The predicted molar refractivity (Wildman–Crippen MR) is 112 cm³/mol. The van der Waals surface area contributed by atoms with Gasteiger partial charge in [0, 0.05) is 44.2 Å². The first kappa shape index (κ1) is 18.9. The molecule has 5 aromatic rings. The van der Waals surface area contributed by atoms with E-state index < -0.39 is 0 Å². The molecule has 0 fully saturated rings. The number of rotatable bonds is 6. The first-order chi connectivity index (χ1) is 15.1. The summed E-state index contributed by atoms with van der Waals surface area (Å²) in [6, 6.07) is 13.3. The van der Waals surface area contributed by atoms with Crippen LogP contribution in [0.15, 0.2) is 71.6 Å². The van der Waals surface area contributed by atoms with Gasteiger partial charge in [-0.15, -0.1) is 0 Å². The number of nitrogens with one attached hydrogen (secondary N) is 1. The van der Waals surface area contributed by atoms with Crippen molar-refractivity contribution in [2.24, 2.45) is 7.05 Å². The maximum atomic E-state index is 13.1. The van der Waals surface area contributed by atoms with E-state index in [1.54, 1.807) is 36.0 Å². The van der Waals surface area contributed by atoms with Gasteiger partial charge in [0.15, 0.2) is 5.76 Å². The second-order valence-corrected chi connectivity index (χ2v) is 7.10. The third-order valence-corrected chi connectivity index (χ3v) is 5.06. The molecule has 0 radical (unpaired) electrons. The molecule has 0 aliphatic carbocycles. The molecule has 4 heterocycles. The lowest BCUT2D eigenvalue weighted by atomic mass is 10.1. The van der Waals surface area contributed by atoms with Crippen LogP contribution in [0.3, 0.4) is 0 Å². The van der Waals surface area contributed by atoms with Crippen LogP contribution >= 0.6 is 0 Å². The Morgan fingerprint density at radius 1 is 1.10 bits per heavy atom. The van der Waals surface area contributed by atoms with Crippen molar-refractivity contribution >= 4 is 11.6 Å². The van der Waals surface area contributed by atoms with Crippen LogP contribution in [-0.2, 0) is 13.6 Å². The monoisotopic (exact) mass is 418 g/mol. The number of hydrogen-bond acceptors (Lipinski definition) is 4. The molecule has 31 heavy (non-hydrogen) atoms. The molecule has 1 amide bonds. The van der Waals surface area contributed by atoms with E-state index in [4.69, 9.17) is 4.42 Å². The summed E-state index contributed by atoms with van der Waals surface area (Å²) in [7, 11) is 1.71. The van der Waals surface area contributed by atoms with Gasteiger partial charge in [-0.3, -0.25) is 9.48 Å². The molecule has 0 aliphatic rings. The van der Waals surface area contributed by atoms with Crippen molar-refractivity contribution in [2.45, 2.75) is 6.54 Å². The molecular formula is C22H19FN6O2. The average Bonchev–Trinajstić information content (AvgIpc) is 3.53. The number of halogens is 1. The van der Waals surface area contributed by atoms with Gasteiger partial charge in [-0.2, -0.15) is 10.2 Å². The Hall–Kier alpha value is -4.14. The third kappa shape index (κ3) is 3.61. The van der Waals surface area contributed by atoms with E-state index >= 15 is 0 Å². The summed E-state index contributed by atoms with van der Waals surface area (Å²) in [5.41, 5.74) is 3.45. The van der Waals surface area contributed by atoms with Crippen molar-refractivity contribution in [2.75, 3.05) is 6.54 Å². The molecule has 1 N–H and O–H groups in total. The highest BCUT2D eigenvalue weighted by Gasteiger charge is 2.15. The second-order valence-electron chi connectivity index (χ2n) is 7.10. The number of carbonyl (C=O) groups excluding carboxylic acids is 1. The van der Waals surface area contributed by atoms with Crippen molar-refractivity contribution in [1.82, 2.24) is 29.3 Å². The van der Waals surface area contributed by atoms with Gasteiger partial charge in [0.25, 0.3) is 5.91 Å². The molecular weight excluding hydrogens is 399 g/mol. The molecule has 9 heteroatoms. The van der Waals surface area contributed by atoms with E-state index in [9.17, 15) is 9.18 Å². The number of benzene rings is 1. The topological polar surface area (TPSA) is 82.3 Å². The van der Waals surface area contributed by atoms with Gasteiger partial charge in [0.2, 0.25) is 0 Å². The van der Waals surface area contributed by atoms with Crippen LogP contribution in [-0.4, -0.2) is 36.4 Å². The van der Waals surface area contributed by atoms with Crippen molar-refractivity contribution in [3.8, 4) is 22.7 Å². The van der Waals surface area contributed by atoms with Crippen LogP contribution in [0, 0.1) is 5.82 Å². The number of amides is 1. The average molecular weight is 418 g/mol. The molecule has 0 saturated carbocycles. The van der Waals surface area contributed by atoms with Crippen LogP contribution < -0.4 is 5.32 Å². The van der Waals surface area contributed by atoms with Gasteiger partial charge in [-0.25, -0.2) is 8.91 Å². The molecule has 0 aliphatic heterocycles. The smallest absolute Gasteiger partial charge is 0.269 e. The van der Waals surface area contributed by atoms with Crippen LogP contribution in [0.1, 0.15) is 10.5 Å². The largest absolute Gasteiger partial charge is 0.463 e. The lowest BCUT2D eigenvalue weighted by Gasteiger charge is -2.06. The fraction of sp³-hybridized carbons (Fsp3) is 0.136. The first-order valence-corrected chi connectivity index (χ1v) is 9.75. The Kier molecular flexibility index (Phi) is 4.62. The molecule has 5 rings (SSSR count). The van der Waals surface area contributed by atoms with Crippen LogP contribution in [0.2, 0.25) is 0 Å². The van der Waals surface area contributed by atoms with E-state index in [2.05, 4.69) is 15.5 Å². The number of furan rings is 1. The molecule has 0 saturated heterocycles. The number of aromatic nitrogens is 5. The van der Waals surface area contributed by atoms with Crippen molar-refractivity contribution in [1.29, 1.82) is 0 Å². The maximum Gasteiger partial charge on any atom is 0.269 e. The molecule has 0 bridgehead atoms. The zero-order valence-corrected chi connectivity index (χ0v) is 16.7. The fourth-order valence-electron chi connectivity index (χ4n) is 3.48. The molecule has 156 valence electrons. The van der Waals surface area contributed by atoms with E-state index in [1.807, 2.05) is 35.2 Å². The van der Waals surface area contributed by atoms with Gasteiger partial charge in [0.05, 0.1) is 12.0 Å². The number of imidazole rings is 1. The maximum absolute atomic E-state index is 13.1. The Balaban J connectivity index is 1.26. The summed E-state index contributed by atoms with van der Waals surface area (Å²) in [5, 5.41) is 11.8. The summed E-state index contributed by atoms with van der Waals surface area (Å²) < 4.78 is 23.8. The molecule has 0 spiro atoms. The number of hydrogen-bond donors (Lipinski definition) is 1. The number of carbonyl (C=O) groups is 1. The molecule has 8 nitrogen and oxygen atoms in total. The summed E-state index contributed by atoms with van der Waals surface area (Å²) in [6.45, 7) is 1.01. The van der Waals surface area contributed by atoms with E-state index in [0.717, 1.165) is 16.9 Å². The van der Waals surface area contributed by atoms with E-state index in [1.165, 1.54) is 16.8 Å². The molecule has 1 aromatic carbocycles. The lowest BCUT2D eigenvalue weighted by molar-refractivity contribution is 0.0943. The Bertz CT molecular complexity index is 1340. The Morgan fingerprint density at radius 3 is 2.71 bits per heavy atom. The van der Waals surface area contributed by atoms with Gasteiger partial charge in [-0.05, 0) is 42.5 Å². The fourth-order valence-corrected chi connectivity index (χ4v) is 3.48. The summed E-state index contributed by atoms with van der Waals surface area (Å²) in [5.74, 6) is 0.166. The van der Waals surface area contributed by atoms with Gasteiger partial charge in [-0.1, -0.05) is 0 Å².